The van der Waals surface area contributed by atoms with Gasteiger partial charge in [-0.25, -0.2) is 4.98 Å². The molecule has 0 saturated carbocycles. The summed E-state index contributed by atoms with van der Waals surface area (Å²) in [5.74, 6) is 1.37. The van der Waals surface area contributed by atoms with Gasteiger partial charge in [0.2, 0.25) is 0 Å². The first-order chi connectivity index (χ1) is 14.1. The minimum absolute atomic E-state index is 0.0284. The molecule has 2 aromatic carbocycles. The maximum atomic E-state index is 12.3. The van der Waals surface area contributed by atoms with Gasteiger partial charge >= 0.3 is 0 Å². The molecule has 1 aliphatic rings. The summed E-state index contributed by atoms with van der Waals surface area (Å²) in [6.07, 6.45) is 2.56. The molecule has 1 amide bonds. The van der Waals surface area contributed by atoms with E-state index in [1.807, 2.05) is 37.3 Å². The van der Waals surface area contributed by atoms with E-state index in [1.165, 1.54) is 42.8 Å². The van der Waals surface area contributed by atoms with E-state index in [0.29, 0.717) is 5.13 Å². The van der Waals surface area contributed by atoms with Gasteiger partial charge in [0.25, 0.3) is 5.91 Å². The van der Waals surface area contributed by atoms with Gasteiger partial charge in [-0.2, -0.15) is 0 Å². The van der Waals surface area contributed by atoms with Crippen molar-refractivity contribution in [2.75, 3.05) is 25.0 Å². The first-order valence-corrected chi connectivity index (χ1v) is 11.0. The Labute approximate surface area is 175 Å². The first-order valence-electron chi connectivity index (χ1n) is 10.2. The van der Waals surface area contributed by atoms with E-state index in [-0.39, 0.29) is 12.5 Å². The highest BCUT2D eigenvalue weighted by atomic mass is 32.1. The molecule has 6 heteroatoms. The molecule has 1 aliphatic heterocycles. The fourth-order valence-electron chi connectivity index (χ4n) is 3.62. The number of amides is 1. The molecule has 152 valence electrons. The number of hydrogen-bond acceptors (Lipinski definition) is 5. The molecule has 0 unspecified atom stereocenters. The van der Waals surface area contributed by atoms with Gasteiger partial charge < -0.3 is 4.74 Å². The Hall–Kier alpha value is -2.44. The maximum Gasteiger partial charge on any atom is 0.264 e. The zero-order chi connectivity index (χ0) is 20.2. The van der Waals surface area contributed by atoms with Crippen molar-refractivity contribution in [2.45, 2.75) is 33.2 Å². The van der Waals surface area contributed by atoms with Gasteiger partial charge in [0.15, 0.2) is 11.7 Å². The number of carbonyl (C=O) groups is 1. The molecule has 2 heterocycles. The van der Waals surface area contributed by atoms with Crippen molar-refractivity contribution in [1.82, 2.24) is 9.88 Å². The molecule has 0 aliphatic carbocycles. The number of aryl methyl sites for hydroxylation is 1. The Balaban J connectivity index is 1.36. The highest BCUT2D eigenvalue weighted by molar-refractivity contribution is 7.22. The number of carbonyl (C=O) groups excluding carboxylic acids is 1. The summed E-state index contributed by atoms with van der Waals surface area (Å²) >= 11 is 1.51. The summed E-state index contributed by atoms with van der Waals surface area (Å²) in [7, 11) is 0. The van der Waals surface area contributed by atoms with Crippen LogP contribution in [0.5, 0.6) is 5.75 Å². The fraction of sp³-hybridized carbons (Fsp3) is 0.391. The van der Waals surface area contributed by atoms with E-state index in [9.17, 15) is 4.79 Å². The van der Waals surface area contributed by atoms with Crippen LogP contribution in [0.25, 0.3) is 10.2 Å². The normalized spacial score (nSPS) is 15.5. The van der Waals surface area contributed by atoms with Crippen molar-refractivity contribution in [3.63, 3.8) is 0 Å². The number of aromatic nitrogens is 1. The minimum Gasteiger partial charge on any atom is -0.483 e. The van der Waals surface area contributed by atoms with Gasteiger partial charge in [-0.05, 0) is 68.1 Å². The summed E-state index contributed by atoms with van der Waals surface area (Å²) in [5.41, 5.74) is 3.23. The molecule has 1 N–H and O–H groups in total. The van der Waals surface area contributed by atoms with Crippen LogP contribution in [-0.4, -0.2) is 35.5 Å². The van der Waals surface area contributed by atoms with Crippen LogP contribution in [0, 0.1) is 12.8 Å². The molecule has 0 spiro atoms. The largest absolute Gasteiger partial charge is 0.483 e. The molecule has 4 rings (SSSR count). The summed E-state index contributed by atoms with van der Waals surface area (Å²) in [5, 5.41) is 3.47. The second-order valence-corrected chi connectivity index (χ2v) is 8.91. The molecular formula is C23H27N3O2S. The molecule has 1 aromatic heterocycles. The summed E-state index contributed by atoms with van der Waals surface area (Å²) in [4.78, 5) is 19.3. The van der Waals surface area contributed by atoms with E-state index in [2.05, 4.69) is 34.3 Å². The second kappa shape index (κ2) is 8.93. The molecule has 29 heavy (non-hydrogen) atoms. The second-order valence-electron chi connectivity index (χ2n) is 7.88. The van der Waals surface area contributed by atoms with Crippen LogP contribution in [0.1, 0.15) is 30.9 Å². The van der Waals surface area contributed by atoms with E-state index < -0.39 is 0 Å². The summed E-state index contributed by atoms with van der Waals surface area (Å²) in [6, 6.07) is 14.1. The highest BCUT2D eigenvalue weighted by Crippen LogP contribution is 2.28. The number of thiazole rings is 1. The van der Waals surface area contributed by atoms with Gasteiger partial charge in [0, 0.05) is 6.54 Å². The van der Waals surface area contributed by atoms with Crippen LogP contribution in [0.3, 0.4) is 0 Å². The summed E-state index contributed by atoms with van der Waals surface area (Å²) < 4.78 is 6.72. The quantitative estimate of drug-likeness (QED) is 0.632. The molecule has 1 fully saturated rings. The van der Waals surface area contributed by atoms with Crippen LogP contribution in [0.4, 0.5) is 5.13 Å². The fourth-order valence-corrected chi connectivity index (χ4v) is 4.56. The standard InChI is InChI=1S/C23H27N3O2S/c1-16-9-11-26(12-10-16)14-18-7-8-19-21(13-18)29-23(24-19)25-22(27)15-28-20-6-4-3-5-17(20)2/h3-8,13,16H,9-12,14-15H2,1-2H3,(H,24,25,27). The number of anilines is 1. The third-order valence-electron chi connectivity index (χ3n) is 5.43. The number of fused-ring (bicyclic) bond motifs is 1. The maximum absolute atomic E-state index is 12.3. The average molecular weight is 410 g/mol. The van der Waals surface area contributed by atoms with Crippen molar-refractivity contribution in [2.24, 2.45) is 5.92 Å². The minimum atomic E-state index is -0.199. The molecular weight excluding hydrogens is 382 g/mol. The van der Waals surface area contributed by atoms with Gasteiger partial charge in [0.1, 0.15) is 5.75 Å². The lowest BCUT2D eigenvalue weighted by Gasteiger charge is -2.30. The van der Waals surface area contributed by atoms with Crippen LogP contribution in [0.2, 0.25) is 0 Å². The SMILES string of the molecule is Cc1ccccc1OCC(=O)Nc1nc2ccc(CN3CCC(C)CC3)cc2s1. The number of likely N-dealkylation sites (tertiary alicyclic amines) is 1. The zero-order valence-electron chi connectivity index (χ0n) is 17.0. The molecule has 1 saturated heterocycles. The third-order valence-corrected chi connectivity index (χ3v) is 6.37. The number of nitrogens with one attached hydrogen (secondary N) is 1. The Morgan fingerprint density at radius 1 is 1.24 bits per heavy atom. The first kappa shape index (κ1) is 19.9. The Bertz CT molecular complexity index is 993. The topological polar surface area (TPSA) is 54.5 Å². The molecule has 0 radical (unpaired) electrons. The van der Waals surface area contributed by atoms with Gasteiger partial charge in [-0.3, -0.25) is 15.0 Å². The smallest absolute Gasteiger partial charge is 0.264 e. The lowest BCUT2D eigenvalue weighted by molar-refractivity contribution is -0.118. The van der Waals surface area contributed by atoms with Crippen molar-refractivity contribution in [3.05, 3.63) is 53.6 Å². The number of nitrogens with zero attached hydrogens (tertiary/aromatic N) is 2. The van der Waals surface area contributed by atoms with Crippen molar-refractivity contribution < 1.29 is 9.53 Å². The number of benzene rings is 2. The predicted molar refractivity (Wildman–Crippen MR) is 119 cm³/mol. The molecule has 3 aromatic rings. The average Bonchev–Trinajstić information content (AvgIpc) is 3.10. The Morgan fingerprint density at radius 2 is 2.03 bits per heavy atom. The van der Waals surface area contributed by atoms with E-state index in [0.717, 1.165) is 34.0 Å². The van der Waals surface area contributed by atoms with Crippen LogP contribution >= 0.6 is 11.3 Å². The molecule has 0 bridgehead atoms. The van der Waals surface area contributed by atoms with Crippen molar-refractivity contribution in [3.8, 4) is 5.75 Å². The number of rotatable bonds is 6. The van der Waals surface area contributed by atoms with Crippen molar-refractivity contribution in [1.29, 1.82) is 0 Å². The third kappa shape index (κ3) is 5.14. The number of para-hydroxylation sites is 1. The lowest BCUT2D eigenvalue weighted by atomic mass is 9.99. The highest BCUT2D eigenvalue weighted by Gasteiger charge is 2.16. The zero-order valence-corrected chi connectivity index (χ0v) is 17.8. The van der Waals surface area contributed by atoms with Crippen LogP contribution in [-0.2, 0) is 11.3 Å². The van der Waals surface area contributed by atoms with E-state index in [1.54, 1.807) is 0 Å². The predicted octanol–water partition coefficient (Wildman–Crippen LogP) is 4.85. The Kier molecular flexibility index (Phi) is 6.11. The lowest BCUT2D eigenvalue weighted by Crippen LogP contribution is -2.32. The number of piperidine rings is 1. The Morgan fingerprint density at radius 3 is 2.83 bits per heavy atom. The van der Waals surface area contributed by atoms with Crippen LogP contribution < -0.4 is 10.1 Å². The van der Waals surface area contributed by atoms with E-state index >= 15 is 0 Å². The molecule has 5 nitrogen and oxygen atoms in total. The molecule has 0 atom stereocenters. The van der Waals surface area contributed by atoms with Gasteiger partial charge in [0.05, 0.1) is 10.2 Å². The number of ether oxygens (including phenoxy) is 1. The number of hydrogen-bond donors (Lipinski definition) is 1. The monoisotopic (exact) mass is 409 g/mol. The van der Waals surface area contributed by atoms with Crippen LogP contribution in [0.15, 0.2) is 42.5 Å². The van der Waals surface area contributed by atoms with Gasteiger partial charge in [-0.1, -0.05) is 42.5 Å². The van der Waals surface area contributed by atoms with Gasteiger partial charge in [-0.15, -0.1) is 0 Å². The van der Waals surface area contributed by atoms with E-state index in [4.69, 9.17) is 4.74 Å². The summed E-state index contributed by atoms with van der Waals surface area (Å²) in [6.45, 7) is 7.59. The van der Waals surface area contributed by atoms with Crippen molar-refractivity contribution >= 4 is 32.6 Å².